The van der Waals surface area contributed by atoms with Crippen molar-refractivity contribution in [2.75, 3.05) is 6.61 Å². The summed E-state index contributed by atoms with van der Waals surface area (Å²) in [5, 5.41) is 17.4. The van der Waals surface area contributed by atoms with Gasteiger partial charge in [0.05, 0.1) is 10.2 Å². The molecular formula is C11H16BrNO3. The molecule has 0 aliphatic carbocycles. The fraction of sp³-hybridized carbons (Fsp3) is 0.545. The first-order chi connectivity index (χ1) is 7.65. The van der Waals surface area contributed by atoms with Gasteiger partial charge in [-0.15, -0.1) is 0 Å². The largest absolute Gasteiger partial charge is 0.478 e. The van der Waals surface area contributed by atoms with Crippen molar-refractivity contribution in [3.05, 3.63) is 22.4 Å². The van der Waals surface area contributed by atoms with Gasteiger partial charge in [0, 0.05) is 19.3 Å². The van der Waals surface area contributed by atoms with Crippen molar-refractivity contribution in [1.82, 2.24) is 4.57 Å². The zero-order valence-electron chi connectivity index (χ0n) is 9.03. The van der Waals surface area contributed by atoms with Crippen LogP contribution in [0.3, 0.4) is 0 Å². The number of unbranched alkanes of at least 4 members (excludes halogenated alkanes) is 3. The average Bonchev–Trinajstić information content (AvgIpc) is 2.60. The maximum atomic E-state index is 10.7. The van der Waals surface area contributed by atoms with Gasteiger partial charge in [-0.1, -0.05) is 12.8 Å². The van der Waals surface area contributed by atoms with Gasteiger partial charge in [-0.2, -0.15) is 0 Å². The van der Waals surface area contributed by atoms with E-state index in [0.29, 0.717) is 5.56 Å². The van der Waals surface area contributed by atoms with Crippen LogP contribution in [0.4, 0.5) is 0 Å². The van der Waals surface area contributed by atoms with Gasteiger partial charge in [0.2, 0.25) is 0 Å². The molecule has 1 aromatic rings. The molecule has 0 amide bonds. The van der Waals surface area contributed by atoms with E-state index >= 15 is 0 Å². The molecule has 1 aromatic heterocycles. The second-order valence-corrected chi connectivity index (χ2v) is 4.50. The minimum atomic E-state index is -0.903. The summed E-state index contributed by atoms with van der Waals surface area (Å²) in [6.45, 7) is 1.05. The first-order valence-corrected chi connectivity index (χ1v) is 6.14. The summed E-state index contributed by atoms with van der Waals surface area (Å²) in [5.74, 6) is -0.903. The predicted octanol–water partition coefficient (Wildman–Crippen LogP) is 2.50. The number of hydrogen-bond acceptors (Lipinski definition) is 2. The van der Waals surface area contributed by atoms with Crippen molar-refractivity contribution in [2.45, 2.75) is 32.2 Å². The van der Waals surface area contributed by atoms with Crippen molar-refractivity contribution in [3.63, 3.8) is 0 Å². The standard InChI is InChI=1S/C11H16BrNO3/c12-10-7-9(11(15)16)8-13(10)5-3-1-2-4-6-14/h7-8,14H,1-6H2,(H,15,16). The molecule has 5 heteroatoms. The Morgan fingerprint density at radius 3 is 2.56 bits per heavy atom. The van der Waals surface area contributed by atoms with Crippen molar-refractivity contribution in [1.29, 1.82) is 0 Å². The number of aliphatic hydroxyl groups is 1. The summed E-state index contributed by atoms with van der Waals surface area (Å²) in [5.41, 5.74) is 0.308. The quantitative estimate of drug-likeness (QED) is 0.758. The molecule has 4 nitrogen and oxygen atoms in total. The molecule has 0 saturated carbocycles. The fourth-order valence-electron chi connectivity index (χ4n) is 1.51. The van der Waals surface area contributed by atoms with Crippen molar-refractivity contribution < 1.29 is 15.0 Å². The summed E-state index contributed by atoms with van der Waals surface area (Å²) < 4.78 is 2.69. The Kier molecular flexibility index (Phi) is 5.55. The van der Waals surface area contributed by atoms with Gasteiger partial charge in [0.15, 0.2) is 0 Å². The first kappa shape index (κ1) is 13.3. The Hall–Kier alpha value is -0.810. The van der Waals surface area contributed by atoms with Crippen LogP contribution in [0.25, 0.3) is 0 Å². The molecule has 0 bridgehead atoms. The van der Waals surface area contributed by atoms with Crippen LogP contribution < -0.4 is 0 Å². The maximum Gasteiger partial charge on any atom is 0.337 e. The lowest BCUT2D eigenvalue weighted by Gasteiger charge is -2.04. The van der Waals surface area contributed by atoms with Crippen molar-refractivity contribution in [3.8, 4) is 0 Å². The molecule has 0 spiro atoms. The molecule has 0 aromatic carbocycles. The fourth-order valence-corrected chi connectivity index (χ4v) is 2.04. The molecular weight excluding hydrogens is 274 g/mol. The van der Waals surface area contributed by atoms with Crippen LogP contribution in [-0.2, 0) is 6.54 Å². The zero-order valence-corrected chi connectivity index (χ0v) is 10.6. The lowest BCUT2D eigenvalue weighted by Crippen LogP contribution is -1.98. The number of rotatable bonds is 7. The number of aromatic carboxylic acids is 1. The normalized spacial score (nSPS) is 10.6. The monoisotopic (exact) mass is 289 g/mol. The van der Waals surface area contributed by atoms with Crippen LogP contribution in [0.2, 0.25) is 0 Å². The Morgan fingerprint density at radius 2 is 2.00 bits per heavy atom. The number of halogens is 1. The van der Waals surface area contributed by atoms with Gasteiger partial charge in [0.1, 0.15) is 0 Å². The first-order valence-electron chi connectivity index (χ1n) is 5.35. The van der Waals surface area contributed by atoms with Crippen LogP contribution in [0.5, 0.6) is 0 Å². The zero-order chi connectivity index (χ0) is 12.0. The number of aromatic nitrogens is 1. The molecule has 1 heterocycles. The molecule has 0 aliphatic heterocycles. The third-order valence-electron chi connectivity index (χ3n) is 2.40. The number of aryl methyl sites for hydroxylation is 1. The lowest BCUT2D eigenvalue weighted by atomic mass is 10.2. The summed E-state index contributed by atoms with van der Waals surface area (Å²) in [4.78, 5) is 10.7. The maximum absolute atomic E-state index is 10.7. The van der Waals surface area contributed by atoms with E-state index in [1.807, 2.05) is 4.57 Å². The highest BCUT2D eigenvalue weighted by atomic mass is 79.9. The molecule has 0 fully saturated rings. The van der Waals surface area contributed by atoms with E-state index in [0.717, 1.165) is 36.8 Å². The molecule has 1 rings (SSSR count). The number of hydrogen-bond donors (Lipinski definition) is 2. The summed E-state index contributed by atoms with van der Waals surface area (Å²) in [6.07, 6.45) is 5.53. The molecule has 0 aliphatic rings. The lowest BCUT2D eigenvalue weighted by molar-refractivity contribution is 0.0697. The highest BCUT2D eigenvalue weighted by molar-refractivity contribution is 9.10. The van der Waals surface area contributed by atoms with Crippen molar-refractivity contribution >= 4 is 21.9 Å². The number of aliphatic hydroxyl groups excluding tert-OH is 1. The smallest absolute Gasteiger partial charge is 0.337 e. The molecule has 0 radical (unpaired) electrons. The summed E-state index contributed by atoms with van der Waals surface area (Å²) in [6, 6.07) is 1.61. The molecule has 0 unspecified atom stereocenters. The molecule has 0 atom stereocenters. The van der Waals surface area contributed by atoms with Gasteiger partial charge in [0.25, 0.3) is 0 Å². The SMILES string of the molecule is O=C(O)c1cc(Br)n(CCCCCCO)c1. The second-order valence-electron chi connectivity index (χ2n) is 3.69. The molecule has 90 valence electrons. The number of carboxylic acids is 1. The van der Waals surface area contributed by atoms with E-state index in [2.05, 4.69) is 15.9 Å². The Balaban J connectivity index is 2.39. The Labute approximate surface area is 103 Å². The van der Waals surface area contributed by atoms with E-state index in [1.165, 1.54) is 0 Å². The number of nitrogens with zero attached hydrogens (tertiary/aromatic N) is 1. The van der Waals surface area contributed by atoms with E-state index in [-0.39, 0.29) is 6.61 Å². The highest BCUT2D eigenvalue weighted by Crippen LogP contribution is 2.16. The molecule has 2 N–H and O–H groups in total. The van der Waals surface area contributed by atoms with E-state index in [4.69, 9.17) is 10.2 Å². The van der Waals surface area contributed by atoms with Crippen LogP contribution in [-0.4, -0.2) is 27.4 Å². The van der Waals surface area contributed by atoms with Gasteiger partial charge >= 0.3 is 5.97 Å². The second kappa shape index (κ2) is 6.70. The van der Waals surface area contributed by atoms with Gasteiger partial charge in [-0.3, -0.25) is 0 Å². The third-order valence-corrected chi connectivity index (χ3v) is 3.08. The van der Waals surface area contributed by atoms with Gasteiger partial charge in [-0.25, -0.2) is 4.79 Å². The van der Waals surface area contributed by atoms with Crippen molar-refractivity contribution in [2.24, 2.45) is 0 Å². The summed E-state index contributed by atoms with van der Waals surface area (Å²) in [7, 11) is 0. The van der Waals surface area contributed by atoms with E-state index in [1.54, 1.807) is 12.3 Å². The van der Waals surface area contributed by atoms with E-state index < -0.39 is 5.97 Å². The topological polar surface area (TPSA) is 62.5 Å². The number of carboxylic acid groups (broad SMARTS) is 1. The molecule has 16 heavy (non-hydrogen) atoms. The van der Waals surface area contributed by atoms with Crippen LogP contribution >= 0.6 is 15.9 Å². The highest BCUT2D eigenvalue weighted by Gasteiger charge is 2.08. The van der Waals surface area contributed by atoms with E-state index in [9.17, 15) is 4.79 Å². The molecule has 0 saturated heterocycles. The van der Waals surface area contributed by atoms with Crippen LogP contribution in [0.15, 0.2) is 16.9 Å². The summed E-state index contributed by atoms with van der Waals surface area (Å²) >= 11 is 3.33. The predicted molar refractivity (Wildman–Crippen MR) is 64.6 cm³/mol. The average molecular weight is 290 g/mol. The number of carbonyl (C=O) groups is 1. The van der Waals surface area contributed by atoms with Gasteiger partial charge < -0.3 is 14.8 Å². The van der Waals surface area contributed by atoms with Gasteiger partial charge in [-0.05, 0) is 34.8 Å². The Bertz CT molecular complexity index is 349. The van der Waals surface area contributed by atoms with Crippen LogP contribution in [0, 0.1) is 0 Å². The Morgan fingerprint density at radius 1 is 1.31 bits per heavy atom. The minimum Gasteiger partial charge on any atom is -0.478 e. The van der Waals surface area contributed by atoms with Crippen LogP contribution in [0.1, 0.15) is 36.0 Å². The third kappa shape index (κ3) is 3.98. The minimum absolute atomic E-state index is 0.246.